The van der Waals surface area contributed by atoms with E-state index in [0.717, 1.165) is 23.8 Å². The summed E-state index contributed by atoms with van der Waals surface area (Å²) in [5.41, 5.74) is 0. The molecule has 0 fully saturated rings. The molecule has 0 aliphatic carbocycles. The van der Waals surface area contributed by atoms with Gasteiger partial charge in [-0.1, -0.05) is 69.2 Å². The van der Waals surface area contributed by atoms with Crippen molar-refractivity contribution >= 4 is 34.4 Å². The van der Waals surface area contributed by atoms with Crippen molar-refractivity contribution in [2.45, 2.75) is 24.4 Å². The molecule has 100 valence electrons. The Morgan fingerprint density at radius 1 is 0.737 bits per heavy atom. The molecule has 0 saturated heterocycles. The summed E-state index contributed by atoms with van der Waals surface area (Å²) in [6.07, 6.45) is 0. The SMILES string of the molecule is C[CH2][Al+][CH2]C.[Cl-].c1ccc(Pc2ccccc2)cc1. The molecule has 0 unspecified atom stereocenters. The van der Waals surface area contributed by atoms with Gasteiger partial charge in [-0.05, 0) is 10.6 Å². The second-order valence-electron chi connectivity index (χ2n) is 3.96. The Morgan fingerprint density at radius 3 is 1.37 bits per heavy atom. The molecule has 3 heteroatoms. The molecule has 2 rings (SSSR count). The number of hydrogen-bond acceptors (Lipinski definition) is 0. The van der Waals surface area contributed by atoms with Crippen molar-refractivity contribution in [3.63, 3.8) is 0 Å². The largest absolute Gasteiger partial charge is 1.00 e. The second kappa shape index (κ2) is 12.7. The van der Waals surface area contributed by atoms with Gasteiger partial charge in [0.25, 0.3) is 0 Å². The van der Waals surface area contributed by atoms with Gasteiger partial charge in [0.15, 0.2) is 0 Å². The third kappa shape index (κ3) is 9.26. The molecule has 0 aliphatic rings. The third-order valence-corrected chi connectivity index (χ3v) is 4.81. The molecule has 19 heavy (non-hydrogen) atoms. The van der Waals surface area contributed by atoms with Gasteiger partial charge >= 0.3 is 39.6 Å². The molecule has 0 radical (unpaired) electrons. The Morgan fingerprint density at radius 2 is 1.11 bits per heavy atom. The zero-order valence-electron chi connectivity index (χ0n) is 11.6. The molecule has 0 saturated carbocycles. The average Bonchev–Trinajstić information content (AvgIpc) is 2.43. The minimum atomic E-state index is 0. The fourth-order valence-electron chi connectivity index (χ4n) is 1.50. The molecule has 0 spiro atoms. The van der Waals surface area contributed by atoms with Crippen LogP contribution in [0, 0.1) is 0 Å². The Hall–Kier alpha value is -0.308. The molecule has 0 aliphatic heterocycles. The Labute approximate surface area is 131 Å². The van der Waals surface area contributed by atoms with E-state index in [0.29, 0.717) is 0 Å². The second-order valence-corrected chi connectivity index (χ2v) is 7.58. The molecule has 0 heterocycles. The van der Waals surface area contributed by atoms with Crippen LogP contribution in [0.25, 0.3) is 0 Å². The maximum atomic E-state index is 2.25. The quantitative estimate of drug-likeness (QED) is 0.581. The van der Waals surface area contributed by atoms with Crippen molar-refractivity contribution in [2.24, 2.45) is 0 Å². The predicted molar refractivity (Wildman–Crippen MR) is 87.2 cm³/mol. The van der Waals surface area contributed by atoms with E-state index < -0.39 is 0 Å². The fraction of sp³-hybridized carbons (Fsp3) is 0.250. The molecule has 0 nitrogen and oxygen atoms in total. The molecular weight excluding hydrogens is 286 g/mol. The Balaban J connectivity index is 0.000000471. The number of benzene rings is 2. The van der Waals surface area contributed by atoms with Crippen molar-refractivity contribution in [3.8, 4) is 0 Å². The molecule has 0 bridgehead atoms. The summed E-state index contributed by atoms with van der Waals surface area (Å²) in [6, 6.07) is 21.2. The molecule has 0 amide bonds. The van der Waals surface area contributed by atoms with Crippen molar-refractivity contribution < 1.29 is 12.4 Å². The van der Waals surface area contributed by atoms with Crippen LogP contribution in [0.15, 0.2) is 60.7 Å². The fourth-order valence-corrected chi connectivity index (χ4v) is 3.13. The van der Waals surface area contributed by atoms with E-state index in [1.807, 2.05) is 0 Å². The van der Waals surface area contributed by atoms with E-state index in [2.05, 4.69) is 74.5 Å². The maximum absolute atomic E-state index is 2.25. The van der Waals surface area contributed by atoms with Crippen molar-refractivity contribution in [3.05, 3.63) is 60.7 Å². The van der Waals surface area contributed by atoms with Crippen LogP contribution in [0.1, 0.15) is 13.8 Å². The maximum Gasteiger partial charge on any atom is -0.0226 e. The Bertz CT molecular complexity index is 366. The summed E-state index contributed by atoms with van der Waals surface area (Å²) < 4.78 is 0. The van der Waals surface area contributed by atoms with E-state index in [1.165, 1.54) is 21.2 Å². The average molecular weight is 307 g/mol. The first-order chi connectivity index (χ1) is 8.86. The van der Waals surface area contributed by atoms with E-state index in [1.54, 1.807) is 0 Å². The number of hydrogen-bond donors (Lipinski definition) is 0. The van der Waals surface area contributed by atoms with Crippen molar-refractivity contribution in [1.29, 1.82) is 0 Å². The zero-order valence-corrected chi connectivity index (χ0v) is 14.6. The summed E-state index contributed by atoms with van der Waals surface area (Å²) in [6.45, 7) is 4.50. The number of rotatable bonds is 4. The van der Waals surface area contributed by atoms with Crippen LogP contribution >= 0.6 is 8.58 Å². The summed E-state index contributed by atoms with van der Waals surface area (Å²) in [5.74, 6) is 0. The summed E-state index contributed by atoms with van der Waals surface area (Å²) in [7, 11) is 0.777. The first-order valence-electron chi connectivity index (χ1n) is 6.55. The van der Waals surface area contributed by atoms with E-state index >= 15 is 0 Å². The van der Waals surface area contributed by atoms with Crippen LogP contribution in [-0.2, 0) is 0 Å². The van der Waals surface area contributed by atoms with Gasteiger partial charge in [-0.3, -0.25) is 0 Å². The Kier molecular flexibility index (Phi) is 12.5. The van der Waals surface area contributed by atoms with Gasteiger partial charge in [0, 0.05) is 0 Å². The van der Waals surface area contributed by atoms with Gasteiger partial charge in [0.05, 0.1) is 0 Å². The summed E-state index contributed by atoms with van der Waals surface area (Å²) in [5, 5.41) is 5.65. The van der Waals surface area contributed by atoms with Gasteiger partial charge in [0.2, 0.25) is 0 Å². The summed E-state index contributed by atoms with van der Waals surface area (Å²) in [4.78, 5) is 0. The normalized spacial score (nSPS) is 8.53. The van der Waals surface area contributed by atoms with E-state index in [9.17, 15) is 0 Å². The van der Waals surface area contributed by atoms with Gasteiger partial charge in [-0.25, -0.2) is 0 Å². The topological polar surface area (TPSA) is 0 Å². The van der Waals surface area contributed by atoms with Gasteiger partial charge < -0.3 is 12.4 Å². The molecule has 0 N–H and O–H groups in total. The molecular formula is C16H21AlClP. The first kappa shape index (κ1) is 18.7. The monoisotopic (exact) mass is 306 g/mol. The van der Waals surface area contributed by atoms with Crippen molar-refractivity contribution in [2.75, 3.05) is 0 Å². The van der Waals surface area contributed by atoms with Crippen LogP contribution in [0.4, 0.5) is 0 Å². The van der Waals surface area contributed by atoms with Crippen LogP contribution in [-0.4, -0.2) is 15.2 Å². The minimum Gasteiger partial charge on any atom is -1.00 e. The van der Waals surface area contributed by atoms with Crippen LogP contribution in [0.2, 0.25) is 10.6 Å². The van der Waals surface area contributed by atoms with Gasteiger partial charge in [-0.15, -0.1) is 0 Å². The number of halogens is 1. The van der Waals surface area contributed by atoms with E-state index in [4.69, 9.17) is 0 Å². The zero-order chi connectivity index (χ0) is 13.1. The molecule has 2 aromatic rings. The molecule has 0 aromatic heterocycles. The van der Waals surface area contributed by atoms with E-state index in [-0.39, 0.29) is 12.4 Å². The van der Waals surface area contributed by atoms with Crippen LogP contribution in [0.5, 0.6) is 0 Å². The summed E-state index contributed by atoms with van der Waals surface area (Å²) >= 11 is 0.815. The predicted octanol–water partition coefficient (Wildman–Crippen LogP) is 0.887. The van der Waals surface area contributed by atoms with Crippen LogP contribution in [0.3, 0.4) is 0 Å². The van der Waals surface area contributed by atoms with Crippen LogP contribution < -0.4 is 23.0 Å². The van der Waals surface area contributed by atoms with Crippen molar-refractivity contribution in [1.82, 2.24) is 0 Å². The standard InChI is InChI=1S/C12H11P.2C2H5.Al.ClH/c1-3-7-11(8-4-1)13-12-9-5-2-6-10-12;2*1-2;;/h1-10,13H;2*1H2,2H3;;1H/q;;;+1;/p-1. The molecule has 0 atom stereocenters. The molecule has 2 aromatic carbocycles. The third-order valence-electron chi connectivity index (χ3n) is 2.41. The van der Waals surface area contributed by atoms with Gasteiger partial charge in [0.1, 0.15) is 0 Å². The van der Waals surface area contributed by atoms with Gasteiger partial charge in [-0.2, -0.15) is 0 Å². The first-order valence-corrected chi connectivity index (χ1v) is 9.19. The minimum absolute atomic E-state index is 0. The smallest absolute Gasteiger partial charge is 0.0226 e.